The molecule has 0 radical (unpaired) electrons. The fourth-order valence-electron chi connectivity index (χ4n) is 2.64. The van der Waals surface area contributed by atoms with Crippen LogP contribution < -0.4 is 0 Å². The molecule has 0 bridgehead atoms. The van der Waals surface area contributed by atoms with E-state index in [2.05, 4.69) is 0 Å². The SMILES string of the molecule is OC1CCn2c(cc3c(C(F)(F)F)cccc32)C1. The predicted octanol–water partition coefficient (Wildman–Crippen LogP) is 2.97. The quantitative estimate of drug-likeness (QED) is 0.769. The van der Waals surface area contributed by atoms with E-state index in [4.69, 9.17) is 0 Å². The summed E-state index contributed by atoms with van der Waals surface area (Å²) >= 11 is 0. The van der Waals surface area contributed by atoms with Crippen LogP contribution in [0.1, 0.15) is 17.7 Å². The third kappa shape index (κ3) is 1.70. The minimum atomic E-state index is -4.34. The summed E-state index contributed by atoms with van der Waals surface area (Å²) in [6.07, 6.45) is -3.77. The van der Waals surface area contributed by atoms with Crippen LogP contribution in [0.3, 0.4) is 0 Å². The van der Waals surface area contributed by atoms with Gasteiger partial charge in [0, 0.05) is 29.6 Å². The van der Waals surface area contributed by atoms with E-state index in [1.807, 2.05) is 4.57 Å². The van der Waals surface area contributed by atoms with Gasteiger partial charge in [0.25, 0.3) is 0 Å². The Morgan fingerprint density at radius 1 is 1.28 bits per heavy atom. The Labute approximate surface area is 102 Å². The Hall–Kier alpha value is -1.49. The van der Waals surface area contributed by atoms with Gasteiger partial charge >= 0.3 is 6.18 Å². The molecular weight excluding hydrogens is 243 g/mol. The average molecular weight is 255 g/mol. The molecule has 1 aliphatic heterocycles. The Balaban J connectivity index is 2.25. The highest BCUT2D eigenvalue weighted by molar-refractivity contribution is 5.85. The molecule has 1 N–H and O–H groups in total. The van der Waals surface area contributed by atoms with Crippen LogP contribution in [0, 0.1) is 0 Å². The molecule has 0 fully saturated rings. The van der Waals surface area contributed by atoms with Gasteiger partial charge in [0.1, 0.15) is 0 Å². The van der Waals surface area contributed by atoms with Crippen molar-refractivity contribution in [3.63, 3.8) is 0 Å². The first-order valence-electron chi connectivity index (χ1n) is 5.83. The molecule has 1 aliphatic rings. The molecule has 3 rings (SSSR count). The van der Waals surface area contributed by atoms with E-state index in [1.54, 1.807) is 12.1 Å². The van der Waals surface area contributed by atoms with Crippen molar-refractivity contribution in [1.29, 1.82) is 0 Å². The highest BCUT2D eigenvalue weighted by Gasteiger charge is 2.33. The van der Waals surface area contributed by atoms with E-state index in [-0.39, 0.29) is 5.39 Å². The molecular formula is C13H12F3NO. The van der Waals surface area contributed by atoms with E-state index in [0.717, 1.165) is 11.8 Å². The highest BCUT2D eigenvalue weighted by Crippen LogP contribution is 2.37. The molecule has 2 heterocycles. The van der Waals surface area contributed by atoms with E-state index in [1.165, 1.54) is 6.07 Å². The van der Waals surface area contributed by atoms with Crippen molar-refractivity contribution in [1.82, 2.24) is 4.57 Å². The first-order valence-corrected chi connectivity index (χ1v) is 5.83. The van der Waals surface area contributed by atoms with Gasteiger partial charge in [-0.15, -0.1) is 0 Å². The molecule has 1 unspecified atom stereocenters. The molecule has 0 aliphatic carbocycles. The summed E-state index contributed by atoms with van der Waals surface area (Å²) in [5.74, 6) is 0. The largest absolute Gasteiger partial charge is 0.417 e. The smallest absolute Gasteiger partial charge is 0.393 e. The monoisotopic (exact) mass is 255 g/mol. The number of halogens is 3. The Bertz CT molecular complexity index is 600. The lowest BCUT2D eigenvalue weighted by Gasteiger charge is -2.20. The molecule has 1 atom stereocenters. The topological polar surface area (TPSA) is 25.2 Å². The summed E-state index contributed by atoms with van der Waals surface area (Å²) < 4.78 is 40.6. The molecule has 1 aromatic heterocycles. The van der Waals surface area contributed by atoms with Crippen molar-refractivity contribution in [2.24, 2.45) is 0 Å². The second-order valence-electron chi connectivity index (χ2n) is 4.67. The standard InChI is InChI=1S/C13H12F3NO/c14-13(15,16)11-2-1-3-12-10(11)7-8-6-9(18)4-5-17(8)12/h1-3,7,9,18H,4-6H2. The average Bonchev–Trinajstić information content (AvgIpc) is 2.64. The Morgan fingerprint density at radius 3 is 2.78 bits per heavy atom. The fourth-order valence-corrected chi connectivity index (χ4v) is 2.64. The van der Waals surface area contributed by atoms with Crippen LogP contribution in [0.4, 0.5) is 13.2 Å². The van der Waals surface area contributed by atoms with Gasteiger partial charge in [0.2, 0.25) is 0 Å². The molecule has 5 heteroatoms. The van der Waals surface area contributed by atoms with E-state index >= 15 is 0 Å². The molecule has 2 aromatic rings. The van der Waals surface area contributed by atoms with Crippen LogP contribution in [0.2, 0.25) is 0 Å². The van der Waals surface area contributed by atoms with Crippen molar-refractivity contribution in [3.8, 4) is 0 Å². The molecule has 18 heavy (non-hydrogen) atoms. The van der Waals surface area contributed by atoms with E-state index in [9.17, 15) is 18.3 Å². The summed E-state index contributed by atoms with van der Waals surface area (Å²) in [7, 11) is 0. The number of alkyl halides is 3. The molecule has 1 aromatic carbocycles. The van der Waals surface area contributed by atoms with Crippen molar-refractivity contribution < 1.29 is 18.3 Å². The zero-order valence-corrected chi connectivity index (χ0v) is 9.54. The van der Waals surface area contributed by atoms with Crippen LogP contribution in [-0.2, 0) is 19.1 Å². The zero-order valence-electron chi connectivity index (χ0n) is 9.54. The van der Waals surface area contributed by atoms with E-state index in [0.29, 0.717) is 24.9 Å². The van der Waals surface area contributed by atoms with Crippen LogP contribution in [0.5, 0.6) is 0 Å². The maximum Gasteiger partial charge on any atom is 0.417 e. The summed E-state index contributed by atoms with van der Waals surface area (Å²) in [4.78, 5) is 0. The summed E-state index contributed by atoms with van der Waals surface area (Å²) in [5, 5.41) is 9.81. The lowest BCUT2D eigenvalue weighted by molar-refractivity contribution is -0.136. The number of aliphatic hydroxyl groups excluding tert-OH is 1. The normalized spacial score (nSPS) is 20.1. The minimum absolute atomic E-state index is 0.231. The third-order valence-electron chi connectivity index (χ3n) is 3.47. The number of fused-ring (bicyclic) bond motifs is 3. The predicted molar refractivity (Wildman–Crippen MR) is 61.3 cm³/mol. The summed E-state index contributed by atoms with van der Waals surface area (Å²) in [6, 6.07) is 5.79. The van der Waals surface area contributed by atoms with Crippen molar-refractivity contribution in [2.75, 3.05) is 0 Å². The minimum Gasteiger partial charge on any atom is -0.393 e. The van der Waals surface area contributed by atoms with Gasteiger partial charge < -0.3 is 9.67 Å². The van der Waals surface area contributed by atoms with Crippen LogP contribution in [0.25, 0.3) is 10.9 Å². The van der Waals surface area contributed by atoms with Gasteiger partial charge in [0.15, 0.2) is 0 Å². The second kappa shape index (κ2) is 3.75. The summed E-state index contributed by atoms with van der Waals surface area (Å²) in [6.45, 7) is 0.571. The van der Waals surface area contributed by atoms with Gasteiger partial charge in [-0.25, -0.2) is 0 Å². The number of rotatable bonds is 0. The first-order chi connectivity index (χ1) is 8.47. The maximum absolute atomic E-state index is 12.9. The van der Waals surface area contributed by atoms with E-state index < -0.39 is 17.8 Å². The van der Waals surface area contributed by atoms with Gasteiger partial charge in [-0.3, -0.25) is 0 Å². The third-order valence-corrected chi connectivity index (χ3v) is 3.47. The van der Waals surface area contributed by atoms with Gasteiger partial charge in [-0.2, -0.15) is 13.2 Å². The molecule has 96 valence electrons. The first kappa shape index (κ1) is 11.6. The fraction of sp³-hybridized carbons (Fsp3) is 0.385. The van der Waals surface area contributed by atoms with Gasteiger partial charge in [-0.05, 0) is 24.6 Å². The van der Waals surface area contributed by atoms with Crippen LogP contribution in [-0.4, -0.2) is 15.8 Å². The number of hydrogen-bond acceptors (Lipinski definition) is 1. The second-order valence-corrected chi connectivity index (χ2v) is 4.67. The molecule has 0 spiro atoms. The maximum atomic E-state index is 12.9. The highest BCUT2D eigenvalue weighted by atomic mass is 19.4. The Morgan fingerprint density at radius 2 is 2.06 bits per heavy atom. The molecule has 2 nitrogen and oxygen atoms in total. The number of aromatic nitrogens is 1. The number of benzene rings is 1. The lowest BCUT2D eigenvalue weighted by Crippen LogP contribution is -2.22. The number of hydrogen-bond donors (Lipinski definition) is 1. The zero-order chi connectivity index (χ0) is 12.9. The lowest BCUT2D eigenvalue weighted by atomic mass is 10.1. The van der Waals surface area contributed by atoms with Crippen molar-refractivity contribution >= 4 is 10.9 Å². The van der Waals surface area contributed by atoms with Crippen molar-refractivity contribution in [3.05, 3.63) is 35.5 Å². The van der Waals surface area contributed by atoms with Crippen LogP contribution >= 0.6 is 0 Å². The number of aryl methyl sites for hydroxylation is 1. The Kier molecular flexibility index (Phi) is 2.41. The van der Waals surface area contributed by atoms with Gasteiger partial charge in [0.05, 0.1) is 11.7 Å². The number of aliphatic hydroxyl groups is 1. The van der Waals surface area contributed by atoms with Gasteiger partial charge in [-0.1, -0.05) is 6.07 Å². The van der Waals surface area contributed by atoms with Crippen molar-refractivity contribution in [2.45, 2.75) is 31.7 Å². The molecule has 0 saturated heterocycles. The molecule has 0 amide bonds. The summed E-state index contributed by atoms with van der Waals surface area (Å²) in [5.41, 5.74) is 0.781. The number of nitrogens with zero attached hydrogens (tertiary/aromatic N) is 1. The van der Waals surface area contributed by atoms with Crippen LogP contribution in [0.15, 0.2) is 24.3 Å². The molecule has 0 saturated carbocycles.